The third kappa shape index (κ3) is 3.25. The predicted molar refractivity (Wildman–Crippen MR) is 134 cm³/mol. The van der Waals surface area contributed by atoms with Crippen molar-refractivity contribution in [3.63, 3.8) is 0 Å². The number of allylic oxidation sites excluding steroid dienone is 2. The Bertz CT molecular complexity index is 1540. The molecule has 0 unspecified atom stereocenters. The molecule has 0 bridgehead atoms. The summed E-state index contributed by atoms with van der Waals surface area (Å²) in [6.07, 6.45) is 4.90. The second kappa shape index (κ2) is 8.13. The van der Waals surface area contributed by atoms with Gasteiger partial charge in [-0.25, -0.2) is 4.68 Å². The van der Waals surface area contributed by atoms with Crippen LogP contribution in [0.2, 0.25) is 0 Å². The summed E-state index contributed by atoms with van der Waals surface area (Å²) in [7, 11) is 0. The van der Waals surface area contributed by atoms with E-state index in [4.69, 9.17) is 9.62 Å². The summed E-state index contributed by atoms with van der Waals surface area (Å²) in [6.45, 7) is 6.19. The van der Waals surface area contributed by atoms with Gasteiger partial charge < -0.3 is 4.52 Å². The number of ketones is 1. The normalized spacial score (nSPS) is 22.9. The molecule has 0 saturated heterocycles. The van der Waals surface area contributed by atoms with Gasteiger partial charge >= 0.3 is 0 Å². The highest BCUT2D eigenvalue weighted by atomic mass is 16.5. The van der Waals surface area contributed by atoms with E-state index >= 15 is 0 Å². The monoisotopic (exact) mass is 475 g/mol. The molecule has 7 nitrogen and oxygen atoms in total. The third-order valence-corrected chi connectivity index (χ3v) is 7.87. The maximum atomic E-state index is 12.9. The molecular formula is C29H25N5O2. The number of carbonyl (C=O) groups is 1. The number of Topliss-reactive ketones (excluding diaryl/α,β-unsaturated/α-hetero) is 1. The molecular weight excluding hydrogens is 450 g/mol. The van der Waals surface area contributed by atoms with Crippen molar-refractivity contribution in [3.05, 3.63) is 83.4 Å². The fraction of sp³-hybridized carbons (Fsp3) is 0.276. The molecule has 0 spiro atoms. The first-order chi connectivity index (χ1) is 17.4. The highest BCUT2D eigenvalue weighted by Crippen LogP contribution is 2.52. The van der Waals surface area contributed by atoms with Crippen molar-refractivity contribution in [2.75, 3.05) is 0 Å². The Morgan fingerprint density at radius 1 is 1.11 bits per heavy atom. The maximum Gasteiger partial charge on any atom is 0.214 e. The number of hydrogen-bond acceptors (Lipinski definition) is 6. The predicted octanol–water partition coefficient (Wildman–Crippen LogP) is 5.39. The van der Waals surface area contributed by atoms with Gasteiger partial charge in [0, 0.05) is 28.0 Å². The van der Waals surface area contributed by atoms with Crippen molar-refractivity contribution in [2.45, 2.75) is 39.0 Å². The first-order valence-electron chi connectivity index (χ1n) is 12.1. The van der Waals surface area contributed by atoms with E-state index in [0.29, 0.717) is 5.82 Å². The van der Waals surface area contributed by atoms with Crippen LogP contribution in [0, 0.1) is 30.1 Å². The molecule has 0 amide bonds. The van der Waals surface area contributed by atoms with E-state index in [1.54, 1.807) is 0 Å². The number of carbonyl (C=O) groups excluding carboxylic acids is 1. The van der Waals surface area contributed by atoms with Gasteiger partial charge in [0.2, 0.25) is 12.2 Å². The minimum Gasteiger partial charge on any atom is -0.342 e. The number of benzene rings is 2. The number of aromatic nitrogens is 4. The standard InChI is InChI=1S/C29H25N5O2/c1-17-4-6-19(7-5-17)25-23-12-13-24-18(2)26(35)21(15-30)14-29(24,3)27(23)34(32-25)22-10-8-20(9-11-22)28-31-16-36-33-28/h4-11,14,16,18,24H,12-13H2,1-3H3/t18-,24-,29-/m1/s1. The van der Waals surface area contributed by atoms with Crippen LogP contribution in [0.4, 0.5) is 0 Å². The average molecular weight is 476 g/mol. The van der Waals surface area contributed by atoms with E-state index < -0.39 is 5.41 Å². The lowest BCUT2D eigenvalue weighted by Crippen LogP contribution is -2.46. The largest absolute Gasteiger partial charge is 0.342 e. The Labute approximate surface area is 209 Å². The van der Waals surface area contributed by atoms with Crippen molar-refractivity contribution >= 4 is 5.78 Å². The summed E-state index contributed by atoms with van der Waals surface area (Å²) in [5.74, 6) is 0.333. The zero-order valence-electron chi connectivity index (χ0n) is 20.4. The van der Waals surface area contributed by atoms with Crippen molar-refractivity contribution in [1.29, 1.82) is 5.26 Å². The Balaban J connectivity index is 1.58. The summed E-state index contributed by atoms with van der Waals surface area (Å²) in [5, 5.41) is 18.9. The average Bonchev–Trinajstić information content (AvgIpc) is 3.56. The molecule has 2 aliphatic rings. The number of aryl methyl sites for hydroxylation is 1. The van der Waals surface area contributed by atoms with Crippen LogP contribution in [0.15, 0.2) is 71.1 Å². The smallest absolute Gasteiger partial charge is 0.214 e. The van der Waals surface area contributed by atoms with E-state index in [2.05, 4.69) is 54.3 Å². The van der Waals surface area contributed by atoms with Crippen LogP contribution in [0.3, 0.4) is 0 Å². The third-order valence-electron chi connectivity index (χ3n) is 7.87. The molecule has 2 heterocycles. The molecule has 178 valence electrons. The molecule has 36 heavy (non-hydrogen) atoms. The molecule has 2 aromatic carbocycles. The molecule has 3 atom stereocenters. The van der Waals surface area contributed by atoms with E-state index in [0.717, 1.165) is 41.0 Å². The summed E-state index contributed by atoms with van der Waals surface area (Å²) in [6, 6.07) is 18.5. The van der Waals surface area contributed by atoms with E-state index in [1.807, 2.05) is 41.9 Å². The van der Waals surface area contributed by atoms with Crippen molar-refractivity contribution in [2.24, 2.45) is 11.8 Å². The molecule has 4 aromatic rings. The number of hydrogen-bond donors (Lipinski definition) is 0. The fourth-order valence-corrected chi connectivity index (χ4v) is 6.03. The van der Waals surface area contributed by atoms with Crippen LogP contribution < -0.4 is 0 Å². The Morgan fingerprint density at radius 2 is 1.83 bits per heavy atom. The van der Waals surface area contributed by atoms with Gasteiger partial charge in [0.25, 0.3) is 0 Å². The highest BCUT2D eigenvalue weighted by Gasteiger charge is 2.50. The summed E-state index contributed by atoms with van der Waals surface area (Å²) < 4.78 is 6.90. The fourth-order valence-electron chi connectivity index (χ4n) is 6.03. The molecule has 0 radical (unpaired) electrons. The van der Waals surface area contributed by atoms with Crippen LogP contribution in [0.5, 0.6) is 0 Å². The van der Waals surface area contributed by atoms with Crippen LogP contribution in [-0.2, 0) is 16.6 Å². The Kier molecular flexibility index (Phi) is 5.01. The van der Waals surface area contributed by atoms with Crippen molar-refractivity contribution in [3.8, 4) is 34.4 Å². The van der Waals surface area contributed by atoms with Crippen molar-refractivity contribution < 1.29 is 9.32 Å². The SMILES string of the molecule is Cc1ccc(-c2nn(-c3ccc(-c4ncon4)cc3)c3c2CC[C@@H]2[C@@H](C)C(=O)C(C#N)=C[C@@]32C)cc1. The maximum absolute atomic E-state index is 12.9. The van der Waals surface area contributed by atoms with Gasteiger partial charge in [0.15, 0.2) is 5.78 Å². The quantitative estimate of drug-likeness (QED) is 0.394. The Hall–Kier alpha value is -4.31. The number of nitriles is 1. The van der Waals surface area contributed by atoms with E-state index in [9.17, 15) is 10.1 Å². The molecule has 2 aliphatic carbocycles. The lowest BCUT2D eigenvalue weighted by Gasteiger charge is -2.45. The van der Waals surface area contributed by atoms with Gasteiger partial charge in [0.05, 0.1) is 22.6 Å². The lowest BCUT2D eigenvalue weighted by atomic mass is 9.57. The Morgan fingerprint density at radius 3 is 2.50 bits per heavy atom. The molecule has 6 rings (SSSR count). The molecule has 7 heteroatoms. The number of rotatable bonds is 3. The second-order valence-corrected chi connectivity index (χ2v) is 10.0. The zero-order valence-corrected chi connectivity index (χ0v) is 20.4. The molecule has 0 aliphatic heterocycles. The van der Waals surface area contributed by atoms with Gasteiger partial charge in [-0.1, -0.05) is 54.9 Å². The van der Waals surface area contributed by atoms with Crippen molar-refractivity contribution in [1.82, 2.24) is 19.9 Å². The minimum absolute atomic E-state index is 0.0577. The van der Waals surface area contributed by atoms with Gasteiger partial charge in [-0.3, -0.25) is 4.79 Å². The lowest BCUT2D eigenvalue weighted by molar-refractivity contribution is -0.121. The molecule has 0 saturated carbocycles. The number of fused-ring (bicyclic) bond motifs is 3. The molecule has 0 fully saturated rings. The first kappa shape index (κ1) is 22.2. The second-order valence-electron chi connectivity index (χ2n) is 10.0. The highest BCUT2D eigenvalue weighted by molar-refractivity contribution is 6.02. The van der Waals surface area contributed by atoms with Gasteiger partial charge in [0.1, 0.15) is 6.07 Å². The van der Waals surface area contributed by atoms with Gasteiger partial charge in [-0.15, -0.1) is 0 Å². The van der Waals surface area contributed by atoms with E-state index in [1.165, 1.54) is 17.5 Å². The molecule has 2 aromatic heterocycles. The first-order valence-corrected chi connectivity index (χ1v) is 12.1. The van der Waals surface area contributed by atoms with Gasteiger partial charge in [-0.2, -0.15) is 15.3 Å². The van der Waals surface area contributed by atoms with Crippen LogP contribution in [-0.4, -0.2) is 25.7 Å². The minimum atomic E-state index is -0.506. The van der Waals surface area contributed by atoms with E-state index in [-0.39, 0.29) is 23.2 Å². The van der Waals surface area contributed by atoms with Gasteiger partial charge in [-0.05, 0) is 49.9 Å². The zero-order chi connectivity index (χ0) is 25.0. The van der Waals surface area contributed by atoms with Crippen LogP contribution in [0.1, 0.15) is 37.1 Å². The van der Waals surface area contributed by atoms with Crippen LogP contribution >= 0.6 is 0 Å². The summed E-state index contributed by atoms with van der Waals surface area (Å²) in [4.78, 5) is 17.0. The topological polar surface area (TPSA) is 97.6 Å². The number of nitrogens with zero attached hydrogens (tertiary/aromatic N) is 5. The van der Waals surface area contributed by atoms with Crippen LogP contribution in [0.25, 0.3) is 28.3 Å². The molecule has 0 N–H and O–H groups in total. The summed E-state index contributed by atoms with van der Waals surface area (Å²) in [5.41, 5.74) is 6.91. The summed E-state index contributed by atoms with van der Waals surface area (Å²) >= 11 is 0.